The van der Waals surface area contributed by atoms with Crippen LogP contribution >= 0.6 is 16.8 Å². The predicted molar refractivity (Wildman–Crippen MR) is 87.5 cm³/mol. The summed E-state index contributed by atoms with van der Waals surface area (Å²) in [5, 5.41) is 0. The molecule has 0 aliphatic carbocycles. The van der Waals surface area contributed by atoms with E-state index in [-0.39, 0.29) is 5.41 Å². The second-order valence-electron chi connectivity index (χ2n) is 5.21. The van der Waals surface area contributed by atoms with E-state index in [1.165, 1.54) is 10.5 Å². The van der Waals surface area contributed by atoms with Crippen LogP contribution in [0.1, 0.15) is 40.2 Å². The van der Waals surface area contributed by atoms with Crippen LogP contribution in [-0.2, 0) is 21.7 Å². The minimum absolute atomic E-state index is 0.202. The number of rotatable bonds is 5. The van der Waals surface area contributed by atoms with Crippen molar-refractivity contribution in [2.24, 2.45) is 0 Å². The average molecular weight is 302 g/mol. The van der Waals surface area contributed by atoms with Crippen molar-refractivity contribution in [1.82, 2.24) is 0 Å². The number of benzene rings is 1. The highest BCUT2D eigenvalue weighted by Crippen LogP contribution is 2.62. The zero-order chi connectivity index (χ0) is 13.8. The summed E-state index contributed by atoms with van der Waals surface area (Å²) in [6.07, 6.45) is 0.932. The standard InChI is InChI=1S/C14H23OPS2/c1-6-15-16(17,7-2)18-13-10-8-12(9-11-13)14(3,4)5/h8-11H,6-7H2,1-5H3. The average Bonchev–Trinajstić information content (AvgIpc) is 2.29. The quantitative estimate of drug-likeness (QED) is 0.670. The molecule has 1 unspecified atom stereocenters. The minimum Gasteiger partial charge on any atom is -0.341 e. The third-order valence-corrected chi connectivity index (χ3v) is 9.18. The molecule has 4 heteroatoms. The molecule has 0 fully saturated rings. The van der Waals surface area contributed by atoms with Gasteiger partial charge in [0.1, 0.15) is 5.47 Å². The third kappa shape index (κ3) is 4.70. The summed E-state index contributed by atoms with van der Waals surface area (Å²) < 4.78 is 5.77. The zero-order valence-electron chi connectivity index (χ0n) is 11.9. The fourth-order valence-electron chi connectivity index (χ4n) is 1.56. The Hall–Kier alpha value is 0.180. The van der Waals surface area contributed by atoms with Gasteiger partial charge in [0, 0.05) is 17.7 Å². The first-order valence-electron chi connectivity index (χ1n) is 6.34. The summed E-state index contributed by atoms with van der Waals surface area (Å²) >= 11 is 7.38. The van der Waals surface area contributed by atoms with Crippen molar-refractivity contribution >= 4 is 28.7 Å². The maximum atomic E-state index is 5.77. The fourth-order valence-corrected chi connectivity index (χ4v) is 6.17. The molecule has 1 atom stereocenters. The Morgan fingerprint density at radius 1 is 1.17 bits per heavy atom. The maximum Gasteiger partial charge on any atom is 0.123 e. The van der Waals surface area contributed by atoms with Gasteiger partial charge in [0.25, 0.3) is 0 Å². The molecule has 0 N–H and O–H groups in total. The van der Waals surface area contributed by atoms with Crippen LogP contribution < -0.4 is 0 Å². The molecule has 0 saturated heterocycles. The van der Waals surface area contributed by atoms with Crippen molar-refractivity contribution in [3.63, 3.8) is 0 Å². The maximum absolute atomic E-state index is 5.77. The van der Waals surface area contributed by atoms with Gasteiger partial charge >= 0.3 is 0 Å². The van der Waals surface area contributed by atoms with Crippen LogP contribution in [0.3, 0.4) is 0 Å². The van der Waals surface area contributed by atoms with Gasteiger partial charge in [-0.05, 0) is 30.0 Å². The van der Waals surface area contributed by atoms with E-state index in [1.807, 2.05) is 6.92 Å². The van der Waals surface area contributed by atoms with Gasteiger partial charge in [-0.25, -0.2) is 0 Å². The SMILES string of the molecule is CCOP(=S)(CC)Sc1ccc(C(C)(C)C)cc1. The molecular weight excluding hydrogens is 279 g/mol. The van der Waals surface area contributed by atoms with Crippen LogP contribution in [0.5, 0.6) is 0 Å². The summed E-state index contributed by atoms with van der Waals surface area (Å²) in [5.41, 5.74) is -0.171. The van der Waals surface area contributed by atoms with Crippen molar-refractivity contribution in [2.75, 3.05) is 12.8 Å². The van der Waals surface area contributed by atoms with Gasteiger partial charge in [0.05, 0.1) is 0 Å². The molecular formula is C14H23OPS2. The van der Waals surface area contributed by atoms with Crippen LogP contribution in [0.25, 0.3) is 0 Å². The summed E-state index contributed by atoms with van der Waals surface area (Å²) in [6, 6.07) is 8.73. The Morgan fingerprint density at radius 3 is 2.11 bits per heavy atom. The van der Waals surface area contributed by atoms with E-state index in [0.717, 1.165) is 6.16 Å². The van der Waals surface area contributed by atoms with Crippen molar-refractivity contribution < 1.29 is 4.52 Å². The number of hydrogen-bond acceptors (Lipinski definition) is 3. The Bertz CT molecular complexity index is 420. The summed E-state index contributed by atoms with van der Waals surface area (Å²) in [5.74, 6) is 0. The van der Waals surface area contributed by atoms with Crippen molar-refractivity contribution in [3.8, 4) is 0 Å². The molecule has 0 aromatic heterocycles. The van der Waals surface area contributed by atoms with Crippen LogP contribution in [0.4, 0.5) is 0 Å². The van der Waals surface area contributed by atoms with Crippen molar-refractivity contribution in [3.05, 3.63) is 29.8 Å². The molecule has 1 rings (SSSR count). The molecule has 0 heterocycles. The molecule has 0 radical (unpaired) electrons. The molecule has 18 heavy (non-hydrogen) atoms. The van der Waals surface area contributed by atoms with Gasteiger partial charge in [-0.1, -0.05) is 63.0 Å². The van der Waals surface area contributed by atoms with Crippen LogP contribution in [0.2, 0.25) is 0 Å². The molecule has 1 nitrogen and oxygen atoms in total. The Labute approximate surface area is 121 Å². The van der Waals surface area contributed by atoms with E-state index < -0.39 is 5.47 Å². The molecule has 0 amide bonds. The first-order chi connectivity index (χ1) is 8.30. The molecule has 102 valence electrons. The molecule has 0 saturated carbocycles. The third-order valence-electron chi connectivity index (χ3n) is 2.68. The molecule has 0 spiro atoms. The first-order valence-corrected chi connectivity index (χ1v) is 10.7. The molecule has 0 bridgehead atoms. The lowest BCUT2D eigenvalue weighted by molar-refractivity contribution is 0.385. The largest absolute Gasteiger partial charge is 0.341 e. The zero-order valence-corrected chi connectivity index (χ0v) is 14.4. The molecule has 1 aromatic rings. The van der Waals surface area contributed by atoms with Crippen LogP contribution in [0, 0.1) is 0 Å². The lowest BCUT2D eigenvalue weighted by atomic mass is 9.87. The number of hydrogen-bond donors (Lipinski definition) is 0. The summed E-state index contributed by atoms with van der Waals surface area (Å²) in [6.45, 7) is 11.5. The lowest BCUT2D eigenvalue weighted by Gasteiger charge is -2.21. The Balaban J connectivity index is 2.84. The van der Waals surface area contributed by atoms with E-state index >= 15 is 0 Å². The van der Waals surface area contributed by atoms with E-state index in [2.05, 4.69) is 52.0 Å². The highest BCUT2D eigenvalue weighted by molar-refractivity contribution is 8.69. The smallest absolute Gasteiger partial charge is 0.123 e. The van der Waals surface area contributed by atoms with E-state index in [9.17, 15) is 0 Å². The fraction of sp³-hybridized carbons (Fsp3) is 0.571. The normalized spacial score (nSPS) is 15.4. The lowest BCUT2D eigenvalue weighted by Crippen LogP contribution is -2.10. The van der Waals surface area contributed by atoms with Crippen LogP contribution in [0.15, 0.2) is 29.2 Å². The van der Waals surface area contributed by atoms with Gasteiger partial charge in [-0.15, -0.1) is 0 Å². The highest BCUT2D eigenvalue weighted by Gasteiger charge is 2.18. The predicted octanol–water partition coefficient (Wildman–Crippen LogP) is 5.44. The van der Waals surface area contributed by atoms with E-state index in [0.29, 0.717) is 6.61 Å². The first kappa shape index (κ1) is 16.2. The molecule has 0 aliphatic heterocycles. The van der Waals surface area contributed by atoms with Crippen molar-refractivity contribution in [1.29, 1.82) is 0 Å². The second kappa shape index (κ2) is 6.56. The second-order valence-corrected chi connectivity index (χ2v) is 12.8. The van der Waals surface area contributed by atoms with Gasteiger partial charge < -0.3 is 4.52 Å². The Kier molecular flexibility index (Phi) is 5.92. The van der Waals surface area contributed by atoms with E-state index in [4.69, 9.17) is 16.3 Å². The Morgan fingerprint density at radius 2 is 1.72 bits per heavy atom. The van der Waals surface area contributed by atoms with Crippen molar-refractivity contribution in [2.45, 2.75) is 44.9 Å². The monoisotopic (exact) mass is 302 g/mol. The van der Waals surface area contributed by atoms with Gasteiger partial charge in [-0.2, -0.15) is 0 Å². The van der Waals surface area contributed by atoms with E-state index in [1.54, 1.807) is 11.4 Å². The summed E-state index contributed by atoms with van der Waals surface area (Å²) in [4.78, 5) is 1.22. The van der Waals surface area contributed by atoms with Gasteiger partial charge in [0.15, 0.2) is 0 Å². The highest BCUT2D eigenvalue weighted by atomic mass is 32.9. The summed E-state index contributed by atoms with van der Waals surface area (Å²) in [7, 11) is 0. The minimum atomic E-state index is -1.73. The van der Waals surface area contributed by atoms with Gasteiger partial charge in [0.2, 0.25) is 0 Å². The van der Waals surface area contributed by atoms with Gasteiger partial charge in [-0.3, -0.25) is 0 Å². The molecule has 1 aromatic carbocycles. The topological polar surface area (TPSA) is 9.23 Å². The van der Waals surface area contributed by atoms with Crippen LogP contribution in [-0.4, -0.2) is 12.8 Å². The molecule has 0 aliphatic rings.